The molecule has 6 heteroatoms. The van der Waals surface area contributed by atoms with Gasteiger partial charge in [0.25, 0.3) is 0 Å². The van der Waals surface area contributed by atoms with Gasteiger partial charge in [-0.1, -0.05) is 20.8 Å². The molecule has 0 aliphatic rings. The first-order valence-corrected chi connectivity index (χ1v) is 7.97. The average molecular weight is 346 g/mol. The van der Waals surface area contributed by atoms with Crippen molar-refractivity contribution in [3.05, 3.63) is 15.9 Å². The van der Waals surface area contributed by atoms with Crippen LogP contribution >= 0.6 is 15.9 Å². The van der Waals surface area contributed by atoms with Crippen LogP contribution in [0.2, 0.25) is 0 Å². The van der Waals surface area contributed by atoms with Crippen LogP contribution in [-0.4, -0.2) is 26.4 Å². The molecule has 0 atom stereocenters. The number of carboxylic acids is 1. The minimum absolute atomic E-state index is 0.495. The summed E-state index contributed by atoms with van der Waals surface area (Å²) >= 11 is 3.58. The van der Waals surface area contributed by atoms with Gasteiger partial charge in [0.15, 0.2) is 0 Å². The molecule has 2 N–H and O–H groups in total. The molecule has 0 unspecified atom stereocenters. The number of halogens is 1. The van der Waals surface area contributed by atoms with Gasteiger partial charge in [0, 0.05) is 13.1 Å². The third-order valence-corrected chi connectivity index (χ3v) is 4.82. The first-order valence-electron chi connectivity index (χ1n) is 7.18. The number of hydrogen-bond acceptors (Lipinski definition) is 3. The highest BCUT2D eigenvalue weighted by Gasteiger charge is 2.34. The molecule has 0 saturated carbocycles. The summed E-state index contributed by atoms with van der Waals surface area (Å²) in [5.74, 6) is -0.795. The molecule has 0 spiro atoms. The molecule has 0 aromatic carbocycles. The molecule has 0 saturated heterocycles. The van der Waals surface area contributed by atoms with Crippen molar-refractivity contribution in [1.82, 2.24) is 15.1 Å². The summed E-state index contributed by atoms with van der Waals surface area (Å²) in [5, 5.41) is 17.2. The molecule has 0 bridgehead atoms. The number of rotatable bonds is 8. The Morgan fingerprint density at radius 1 is 1.35 bits per heavy atom. The molecule has 1 rings (SSSR count). The number of aromatic nitrogens is 2. The fraction of sp³-hybridized carbons (Fsp3) is 0.714. The summed E-state index contributed by atoms with van der Waals surface area (Å²) in [7, 11) is 0. The van der Waals surface area contributed by atoms with Crippen molar-refractivity contribution in [2.45, 2.75) is 65.6 Å². The maximum atomic E-state index is 11.5. The zero-order valence-corrected chi connectivity index (χ0v) is 14.2. The minimum Gasteiger partial charge on any atom is -0.480 e. The van der Waals surface area contributed by atoms with Gasteiger partial charge in [-0.3, -0.25) is 14.8 Å². The van der Waals surface area contributed by atoms with E-state index in [1.54, 1.807) is 0 Å². The van der Waals surface area contributed by atoms with Gasteiger partial charge in [0.2, 0.25) is 0 Å². The Balaban J connectivity index is 2.99. The van der Waals surface area contributed by atoms with Crippen molar-refractivity contribution >= 4 is 21.9 Å². The number of aryl methyl sites for hydroxylation is 2. The van der Waals surface area contributed by atoms with Crippen molar-refractivity contribution in [1.29, 1.82) is 0 Å². The SMILES string of the molecule is CCc1nn(CC)c(CNC(CC)(CC)C(=O)O)c1Br. The third-order valence-electron chi connectivity index (χ3n) is 3.90. The normalized spacial score (nSPS) is 11.8. The van der Waals surface area contributed by atoms with Gasteiger partial charge in [-0.05, 0) is 42.1 Å². The summed E-state index contributed by atoms with van der Waals surface area (Å²) in [6.45, 7) is 9.16. The zero-order valence-electron chi connectivity index (χ0n) is 12.7. The van der Waals surface area contributed by atoms with Crippen molar-refractivity contribution in [3.8, 4) is 0 Å². The minimum atomic E-state index is -0.866. The lowest BCUT2D eigenvalue weighted by Gasteiger charge is -2.28. The van der Waals surface area contributed by atoms with E-state index < -0.39 is 11.5 Å². The Hall–Kier alpha value is -0.880. The van der Waals surface area contributed by atoms with E-state index in [4.69, 9.17) is 0 Å². The molecule has 20 heavy (non-hydrogen) atoms. The Labute approximate surface area is 128 Å². The van der Waals surface area contributed by atoms with E-state index >= 15 is 0 Å². The summed E-state index contributed by atoms with van der Waals surface area (Å²) in [6.07, 6.45) is 1.96. The zero-order chi connectivity index (χ0) is 15.3. The highest BCUT2D eigenvalue weighted by Crippen LogP contribution is 2.24. The largest absolute Gasteiger partial charge is 0.480 e. The van der Waals surface area contributed by atoms with Crippen LogP contribution < -0.4 is 5.32 Å². The molecule has 0 radical (unpaired) electrons. The monoisotopic (exact) mass is 345 g/mol. The molecule has 0 aliphatic heterocycles. The second-order valence-corrected chi connectivity index (χ2v) is 5.62. The number of hydrogen-bond donors (Lipinski definition) is 2. The van der Waals surface area contributed by atoms with E-state index in [9.17, 15) is 9.90 Å². The second-order valence-electron chi connectivity index (χ2n) is 4.82. The molecule has 5 nitrogen and oxygen atoms in total. The molecule has 0 amide bonds. The van der Waals surface area contributed by atoms with E-state index in [0.717, 1.165) is 28.8 Å². The van der Waals surface area contributed by atoms with Gasteiger partial charge in [-0.15, -0.1) is 0 Å². The molecular weight excluding hydrogens is 322 g/mol. The number of nitrogens with one attached hydrogen (secondary N) is 1. The number of carboxylic acid groups (broad SMARTS) is 1. The van der Waals surface area contributed by atoms with Crippen LogP contribution in [0.3, 0.4) is 0 Å². The Kier molecular flexibility index (Phi) is 6.20. The van der Waals surface area contributed by atoms with Crippen LogP contribution in [0.1, 0.15) is 51.9 Å². The van der Waals surface area contributed by atoms with Crippen LogP contribution in [0.5, 0.6) is 0 Å². The summed E-state index contributed by atoms with van der Waals surface area (Å²) in [5.41, 5.74) is 1.16. The van der Waals surface area contributed by atoms with Crippen LogP contribution in [0.15, 0.2) is 4.47 Å². The van der Waals surface area contributed by atoms with Crippen LogP contribution in [0, 0.1) is 0 Å². The summed E-state index contributed by atoms with van der Waals surface area (Å²) < 4.78 is 2.91. The topological polar surface area (TPSA) is 67.2 Å². The smallest absolute Gasteiger partial charge is 0.323 e. The summed E-state index contributed by atoms with van der Waals surface area (Å²) in [4.78, 5) is 11.5. The first kappa shape index (κ1) is 17.2. The van der Waals surface area contributed by atoms with E-state index in [2.05, 4.69) is 33.3 Å². The van der Waals surface area contributed by atoms with Gasteiger partial charge >= 0.3 is 5.97 Å². The van der Waals surface area contributed by atoms with E-state index in [1.165, 1.54) is 0 Å². The Bertz CT molecular complexity index is 467. The number of aliphatic carboxylic acids is 1. The maximum absolute atomic E-state index is 11.5. The van der Waals surface area contributed by atoms with Crippen molar-refractivity contribution in [2.75, 3.05) is 0 Å². The standard InChI is InChI=1S/C14H24BrN3O2/c1-5-10-12(15)11(18(8-4)17-10)9-16-14(6-2,7-3)13(19)20/h16H,5-9H2,1-4H3,(H,19,20). The first-order chi connectivity index (χ1) is 9.45. The molecular formula is C14H24BrN3O2. The number of nitrogens with zero attached hydrogens (tertiary/aromatic N) is 2. The van der Waals surface area contributed by atoms with Gasteiger partial charge in [0.1, 0.15) is 5.54 Å². The molecule has 0 fully saturated rings. The van der Waals surface area contributed by atoms with Gasteiger partial charge in [-0.2, -0.15) is 5.10 Å². The highest BCUT2D eigenvalue weighted by atomic mass is 79.9. The second kappa shape index (κ2) is 7.22. The van der Waals surface area contributed by atoms with Crippen LogP contribution in [0.25, 0.3) is 0 Å². The van der Waals surface area contributed by atoms with Crippen LogP contribution in [0.4, 0.5) is 0 Å². The predicted molar refractivity (Wildman–Crippen MR) is 82.8 cm³/mol. The molecule has 0 aliphatic carbocycles. The van der Waals surface area contributed by atoms with E-state index in [-0.39, 0.29) is 0 Å². The predicted octanol–water partition coefficient (Wildman–Crippen LogP) is 2.96. The van der Waals surface area contributed by atoms with Crippen LogP contribution in [-0.2, 0) is 24.3 Å². The Morgan fingerprint density at radius 2 is 1.95 bits per heavy atom. The molecule has 1 aromatic heterocycles. The lowest BCUT2D eigenvalue weighted by atomic mass is 9.93. The van der Waals surface area contributed by atoms with E-state index in [0.29, 0.717) is 19.4 Å². The van der Waals surface area contributed by atoms with Gasteiger partial charge < -0.3 is 5.11 Å². The highest BCUT2D eigenvalue weighted by molar-refractivity contribution is 9.10. The summed E-state index contributed by atoms with van der Waals surface area (Å²) in [6, 6.07) is 0. The quantitative estimate of drug-likeness (QED) is 0.759. The lowest BCUT2D eigenvalue weighted by Crippen LogP contribution is -2.51. The fourth-order valence-corrected chi connectivity index (χ4v) is 3.02. The molecule has 1 aromatic rings. The van der Waals surface area contributed by atoms with Crippen molar-refractivity contribution in [3.63, 3.8) is 0 Å². The molecule has 1 heterocycles. The number of carbonyl (C=O) groups is 1. The van der Waals surface area contributed by atoms with Crippen molar-refractivity contribution in [2.24, 2.45) is 0 Å². The molecule has 114 valence electrons. The fourth-order valence-electron chi connectivity index (χ4n) is 2.32. The lowest BCUT2D eigenvalue weighted by molar-refractivity contribution is -0.145. The average Bonchev–Trinajstić information content (AvgIpc) is 2.76. The van der Waals surface area contributed by atoms with Gasteiger partial charge in [0.05, 0.1) is 15.9 Å². The van der Waals surface area contributed by atoms with Crippen molar-refractivity contribution < 1.29 is 9.90 Å². The van der Waals surface area contributed by atoms with Gasteiger partial charge in [-0.25, -0.2) is 0 Å². The third kappa shape index (κ3) is 3.23. The Morgan fingerprint density at radius 3 is 2.35 bits per heavy atom. The maximum Gasteiger partial charge on any atom is 0.323 e. The van der Waals surface area contributed by atoms with E-state index in [1.807, 2.05) is 25.5 Å².